The Hall–Kier alpha value is -2.61. The van der Waals surface area contributed by atoms with Crippen LogP contribution in [-0.4, -0.2) is 54.1 Å². The molecule has 0 radical (unpaired) electrons. The number of pyridine rings is 1. The van der Waals surface area contributed by atoms with Gasteiger partial charge >= 0.3 is 0 Å². The Kier molecular flexibility index (Phi) is 6.28. The van der Waals surface area contributed by atoms with Gasteiger partial charge in [-0.3, -0.25) is 9.67 Å². The van der Waals surface area contributed by atoms with E-state index < -0.39 is 0 Å². The molecule has 0 atom stereocenters. The minimum atomic E-state index is 0.658. The van der Waals surface area contributed by atoms with Crippen molar-refractivity contribution < 1.29 is 4.74 Å². The highest BCUT2D eigenvalue weighted by molar-refractivity contribution is 5.79. The standard InChI is InChI=1S/C19H29N7O/c1-14-17(15(2)25(4)24-14)13-23-19(20-3)22-12-16-6-5-7-21-18(16)26-8-10-27-11-9-26/h5-7H,8-13H2,1-4H3,(H2,20,22,23). The Morgan fingerprint density at radius 3 is 2.63 bits per heavy atom. The smallest absolute Gasteiger partial charge is 0.191 e. The number of morpholine rings is 1. The molecule has 1 saturated heterocycles. The number of ether oxygens (including phenoxy) is 1. The van der Waals surface area contributed by atoms with Crippen molar-refractivity contribution in [3.63, 3.8) is 0 Å². The van der Waals surface area contributed by atoms with Crippen LogP contribution in [0, 0.1) is 13.8 Å². The fourth-order valence-electron chi connectivity index (χ4n) is 3.27. The summed E-state index contributed by atoms with van der Waals surface area (Å²) in [6.07, 6.45) is 1.84. The zero-order valence-corrected chi connectivity index (χ0v) is 16.6. The normalized spacial score (nSPS) is 15.1. The van der Waals surface area contributed by atoms with Crippen LogP contribution in [0.2, 0.25) is 0 Å². The van der Waals surface area contributed by atoms with Crippen LogP contribution in [0.4, 0.5) is 5.82 Å². The summed E-state index contributed by atoms with van der Waals surface area (Å²) in [5.41, 5.74) is 4.56. The van der Waals surface area contributed by atoms with E-state index in [9.17, 15) is 0 Å². The first-order chi connectivity index (χ1) is 13.1. The van der Waals surface area contributed by atoms with E-state index in [1.807, 2.05) is 30.9 Å². The van der Waals surface area contributed by atoms with E-state index in [1.54, 1.807) is 7.05 Å². The molecule has 0 unspecified atom stereocenters. The monoisotopic (exact) mass is 371 g/mol. The summed E-state index contributed by atoms with van der Waals surface area (Å²) in [6, 6.07) is 4.08. The third-order valence-corrected chi connectivity index (χ3v) is 4.94. The van der Waals surface area contributed by atoms with E-state index in [-0.39, 0.29) is 0 Å². The lowest BCUT2D eigenvalue weighted by atomic mass is 10.2. The number of guanidine groups is 1. The van der Waals surface area contributed by atoms with Crippen LogP contribution in [0.15, 0.2) is 23.3 Å². The van der Waals surface area contributed by atoms with Crippen LogP contribution in [-0.2, 0) is 24.9 Å². The number of hydrogen-bond donors (Lipinski definition) is 2. The topological polar surface area (TPSA) is 79.6 Å². The molecular formula is C19H29N7O. The number of rotatable bonds is 5. The van der Waals surface area contributed by atoms with Gasteiger partial charge in [0.25, 0.3) is 0 Å². The number of aryl methyl sites for hydroxylation is 2. The molecule has 146 valence electrons. The van der Waals surface area contributed by atoms with E-state index in [0.29, 0.717) is 13.1 Å². The molecule has 0 spiro atoms. The van der Waals surface area contributed by atoms with Gasteiger partial charge in [-0.25, -0.2) is 4.98 Å². The molecule has 8 nitrogen and oxygen atoms in total. The number of hydrogen-bond acceptors (Lipinski definition) is 5. The van der Waals surface area contributed by atoms with Crippen LogP contribution < -0.4 is 15.5 Å². The summed E-state index contributed by atoms with van der Waals surface area (Å²) in [7, 11) is 3.75. The van der Waals surface area contributed by atoms with Gasteiger partial charge in [0.05, 0.1) is 18.9 Å². The van der Waals surface area contributed by atoms with Crippen LogP contribution in [0.5, 0.6) is 0 Å². The van der Waals surface area contributed by atoms with Gasteiger partial charge in [0.2, 0.25) is 0 Å². The van der Waals surface area contributed by atoms with Crippen molar-refractivity contribution in [1.82, 2.24) is 25.4 Å². The average Bonchev–Trinajstić information content (AvgIpc) is 2.94. The van der Waals surface area contributed by atoms with Crippen molar-refractivity contribution in [2.24, 2.45) is 12.0 Å². The van der Waals surface area contributed by atoms with Gasteiger partial charge in [-0.2, -0.15) is 5.10 Å². The molecule has 0 bridgehead atoms. The Bertz CT molecular complexity index is 793. The van der Waals surface area contributed by atoms with Crippen LogP contribution in [0.1, 0.15) is 22.5 Å². The highest BCUT2D eigenvalue weighted by Crippen LogP contribution is 2.18. The van der Waals surface area contributed by atoms with E-state index in [2.05, 4.69) is 43.6 Å². The Balaban J connectivity index is 1.61. The zero-order valence-electron chi connectivity index (χ0n) is 16.6. The van der Waals surface area contributed by atoms with Crippen molar-refractivity contribution in [1.29, 1.82) is 0 Å². The number of aromatic nitrogens is 3. The van der Waals surface area contributed by atoms with Crippen molar-refractivity contribution in [2.45, 2.75) is 26.9 Å². The second-order valence-corrected chi connectivity index (χ2v) is 6.64. The van der Waals surface area contributed by atoms with Gasteiger partial charge in [-0.05, 0) is 19.9 Å². The molecule has 0 aliphatic carbocycles. The molecule has 27 heavy (non-hydrogen) atoms. The largest absolute Gasteiger partial charge is 0.378 e. The average molecular weight is 371 g/mol. The number of anilines is 1. The number of nitrogens with zero attached hydrogens (tertiary/aromatic N) is 5. The maximum atomic E-state index is 5.45. The van der Waals surface area contributed by atoms with Gasteiger partial charge < -0.3 is 20.3 Å². The summed E-state index contributed by atoms with van der Waals surface area (Å²) in [5, 5.41) is 11.2. The third kappa shape index (κ3) is 4.57. The summed E-state index contributed by atoms with van der Waals surface area (Å²) in [5.74, 6) is 1.78. The van der Waals surface area contributed by atoms with E-state index >= 15 is 0 Å². The van der Waals surface area contributed by atoms with Crippen molar-refractivity contribution in [3.8, 4) is 0 Å². The Morgan fingerprint density at radius 2 is 1.96 bits per heavy atom. The van der Waals surface area contributed by atoms with Crippen molar-refractivity contribution >= 4 is 11.8 Å². The first kappa shape index (κ1) is 19.2. The SMILES string of the molecule is CN=C(NCc1cccnc1N1CCOCC1)NCc1c(C)nn(C)c1C. The van der Waals surface area contributed by atoms with Crippen LogP contribution >= 0.6 is 0 Å². The molecule has 1 aliphatic heterocycles. The molecule has 3 heterocycles. The molecule has 1 fully saturated rings. The molecular weight excluding hydrogens is 342 g/mol. The Morgan fingerprint density at radius 1 is 1.22 bits per heavy atom. The summed E-state index contributed by atoms with van der Waals surface area (Å²) in [6.45, 7) is 8.70. The first-order valence-corrected chi connectivity index (χ1v) is 9.30. The maximum Gasteiger partial charge on any atom is 0.191 e. The summed E-state index contributed by atoms with van der Waals surface area (Å²) in [4.78, 5) is 11.2. The molecule has 0 amide bonds. The van der Waals surface area contributed by atoms with Gasteiger partial charge in [0, 0.05) is 63.3 Å². The second-order valence-electron chi connectivity index (χ2n) is 6.64. The molecule has 0 saturated carbocycles. The fraction of sp³-hybridized carbons (Fsp3) is 0.526. The van der Waals surface area contributed by atoms with Gasteiger partial charge in [-0.1, -0.05) is 6.07 Å². The molecule has 2 aromatic rings. The minimum absolute atomic E-state index is 0.658. The van der Waals surface area contributed by atoms with E-state index in [0.717, 1.165) is 55.0 Å². The molecule has 1 aliphatic rings. The van der Waals surface area contributed by atoms with Crippen molar-refractivity contribution in [3.05, 3.63) is 40.8 Å². The minimum Gasteiger partial charge on any atom is -0.378 e. The molecule has 8 heteroatoms. The molecule has 2 aromatic heterocycles. The zero-order chi connectivity index (χ0) is 19.2. The lowest BCUT2D eigenvalue weighted by molar-refractivity contribution is 0.122. The summed E-state index contributed by atoms with van der Waals surface area (Å²) < 4.78 is 7.36. The summed E-state index contributed by atoms with van der Waals surface area (Å²) >= 11 is 0. The van der Waals surface area contributed by atoms with Crippen LogP contribution in [0.25, 0.3) is 0 Å². The number of nitrogens with one attached hydrogen (secondary N) is 2. The van der Waals surface area contributed by atoms with Gasteiger partial charge in [0.1, 0.15) is 5.82 Å². The van der Waals surface area contributed by atoms with E-state index in [4.69, 9.17) is 4.74 Å². The highest BCUT2D eigenvalue weighted by atomic mass is 16.5. The van der Waals surface area contributed by atoms with Crippen molar-refractivity contribution in [2.75, 3.05) is 38.3 Å². The lowest BCUT2D eigenvalue weighted by Crippen LogP contribution is -2.39. The third-order valence-electron chi connectivity index (χ3n) is 4.94. The van der Waals surface area contributed by atoms with Gasteiger partial charge in [-0.15, -0.1) is 0 Å². The molecule has 0 aromatic carbocycles. The van der Waals surface area contributed by atoms with Crippen LogP contribution in [0.3, 0.4) is 0 Å². The predicted molar refractivity (Wildman–Crippen MR) is 107 cm³/mol. The first-order valence-electron chi connectivity index (χ1n) is 9.30. The lowest BCUT2D eigenvalue weighted by Gasteiger charge is -2.29. The maximum absolute atomic E-state index is 5.45. The molecule has 3 rings (SSSR count). The highest BCUT2D eigenvalue weighted by Gasteiger charge is 2.16. The van der Waals surface area contributed by atoms with Gasteiger partial charge in [0.15, 0.2) is 5.96 Å². The second kappa shape index (κ2) is 8.85. The Labute approximate surface area is 160 Å². The quantitative estimate of drug-likeness (QED) is 0.606. The fourth-order valence-corrected chi connectivity index (χ4v) is 3.27. The predicted octanol–water partition coefficient (Wildman–Crippen LogP) is 1.13. The number of aliphatic imine (C=N–C) groups is 1. The molecule has 2 N–H and O–H groups in total. The van der Waals surface area contributed by atoms with E-state index in [1.165, 1.54) is 5.56 Å².